The zero-order valence-corrected chi connectivity index (χ0v) is 13.3. The lowest BCUT2D eigenvalue weighted by Gasteiger charge is -2.27. The van der Waals surface area contributed by atoms with E-state index in [0.717, 1.165) is 32.5 Å². The fourth-order valence-electron chi connectivity index (χ4n) is 1.94. The molecule has 0 bridgehead atoms. The Labute approximate surface area is 122 Å². The Morgan fingerprint density at radius 3 is 1.85 bits per heavy atom. The smallest absolute Gasteiger partial charge is 0.317 e. The van der Waals surface area contributed by atoms with Crippen LogP contribution in [0.4, 0.5) is 0 Å². The molecule has 0 aliphatic heterocycles. The first kappa shape index (κ1) is 18.9. The quantitative estimate of drug-likeness (QED) is 0.602. The number of aliphatic carboxylic acids is 1. The number of nitrogens with zero attached hydrogens (tertiary/aromatic N) is 3. The van der Waals surface area contributed by atoms with Gasteiger partial charge in [0.15, 0.2) is 0 Å². The number of hydrogen-bond acceptors (Lipinski definition) is 4. The average Bonchev–Trinajstić information content (AvgIpc) is 2.34. The highest BCUT2D eigenvalue weighted by molar-refractivity contribution is 5.79. The molecule has 0 aromatic carbocycles. The second kappa shape index (κ2) is 10.6. The van der Waals surface area contributed by atoms with Gasteiger partial charge in [-0.25, -0.2) is 0 Å². The number of amides is 1. The van der Waals surface area contributed by atoms with Crippen molar-refractivity contribution in [2.75, 3.05) is 53.4 Å². The summed E-state index contributed by atoms with van der Waals surface area (Å²) in [6.45, 7) is 6.96. The average molecular weight is 287 g/mol. The number of carbonyl (C=O) groups is 2. The van der Waals surface area contributed by atoms with Crippen molar-refractivity contribution >= 4 is 11.9 Å². The molecular formula is C14H29N3O3. The van der Waals surface area contributed by atoms with Crippen molar-refractivity contribution in [1.82, 2.24) is 14.7 Å². The van der Waals surface area contributed by atoms with Crippen molar-refractivity contribution in [3.63, 3.8) is 0 Å². The van der Waals surface area contributed by atoms with Crippen LogP contribution in [-0.2, 0) is 9.59 Å². The Kier molecular flexibility index (Phi) is 10.0. The summed E-state index contributed by atoms with van der Waals surface area (Å²) >= 11 is 0. The minimum absolute atomic E-state index is 0.0220. The van der Waals surface area contributed by atoms with Gasteiger partial charge in [-0.2, -0.15) is 0 Å². The van der Waals surface area contributed by atoms with Gasteiger partial charge in [0.2, 0.25) is 5.91 Å². The summed E-state index contributed by atoms with van der Waals surface area (Å²) < 4.78 is 0. The Balaban J connectivity index is 4.50. The highest BCUT2D eigenvalue weighted by Gasteiger charge is 2.18. The van der Waals surface area contributed by atoms with E-state index in [4.69, 9.17) is 5.11 Å². The molecule has 0 aliphatic carbocycles. The maximum Gasteiger partial charge on any atom is 0.317 e. The molecule has 0 aromatic rings. The molecule has 1 amide bonds. The van der Waals surface area contributed by atoms with Crippen LogP contribution < -0.4 is 0 Å². The van der Waals surface area contributed by atoms with E-state index in [9.17, 15) is 9.59 Å². The third-order valence-corrected chi connectivity index (χ3v) is 2.92. The van der Waals surface area contributed by atoms with Gasteiger partial charge in [0.25, 0.3) is 0 Å². The predicted octanol–water partition coefficient (Wildman–Crippen LogP) is 0.583. The monoisotopic (exact) mass is 287 g/mol. The summed E-state index contributed by atoms with van der Waals surface area (Å²) in [5.41, 5.74) is 0. The molecule has 6 heteroatoms. The van der Waals surface area contributed by atoms with E-state index in [0.29, 0.717) is 6.54 Å². The van der Waals surface area contributed by atoms with Crippen LogP contribution in [0.1, 0.15) is 26.7 Å². The normalized spacial score (nSPS) is 11.1. The van der Waals surface area contributed by atoms with Crippen LogP contribution in [0.25, 0.3) is 0 Å². The molecule has 1 N–H and O–H groups in total. The largest absolute Gasteiger partial charge is 0.480 e. The summed E-state index contributed by atoms with van der Waals surface area (Å²) in [5, 5.41) is 8.93. The fraction of sp³-hybridized carbons (Fsp3) is 0.857. The van der Waals surface area contributed by atoms with E-state index < -0.39 is 5.97 Å². The second-order valence-corrected chi connectivity index (χ2v) is 5.29. The van der Waals surface area contributed by atoms with Gasteiger partial charge in [-0.05, 0) is 26.9 Å². The van der Waals surface area contributed by atoms with E-state index in [1.807, 2.05) is 37.7 Å². The van der Waals surface area contributed by atoms with Gasteiger partial charge in [0.1, 0.15) is 0 Å². The second-order valence-electron chi connectivity index (χ2n) is 5.29. The molecule has 0 saturated carbocycles. The summed E-state index contributed by atoms with van der Waals surface area (Å²) in [5.74, 6) is -0.872. The summed E-state index contributed by atoms with van der Waals surface area (Å²) in [6.07, 6.45) is 1.84. The van der Waals surface area contributed by atoms with Gasteiger partial charge in [0.05, 0.1) is 13.1 Å². The zero-order valence-electron chi connectivity index (χ0n) is 13.3. The molecule has 6 nitrogen and oxygen atoms in total. The molecule has 0 spiro atoms. The van der Waals surface area contributed by atoms with E-state index in [1.165, 1.54) is 0 Å². The van der Waals surface area contributed by atoms with Crippen LogP contribution in [0.3, 0.4) is 0 Å². The first-order chi connectivity index (χ1) is 9.40. The predicted molar refractivity (Wildman–Crippen MR) is 79.8 cm³/mol. The Morgan fingerprint density at radius 1 is 0.900 bits per heavy atom. The number of carboxylic acids is 1. The molecule has 118 valence electrons. The van der Waals surface area contributed by atoms with Gasteiger partial charge in [0, 0.05) is 26.2 Å². The van der Waals surface area contributed by atoms with E-state index in [1.54, 1.807) is 4.90 Å². The van der Waals surface area contributed by atoms with Crippen molar-refractivity contribution in [3.05, 3.63) is 0 Å². The molecule has 0 radical (unpaired) electrons. The Morgan fingerprint density at radius 2 is 1.45 bits per heavy atom. The topological polar surface area (TPSA) is 64.1 Å². The lowest BCUT2D eigenvalue weighted by Crippen LogP contribution is -2.44. The fourth-order valence-corrected chi connectivity index (χ4v) is 1.94. The number of carboxylic acid groups (broad SMARTS) is 1. The number of rotatable bonds is 11. The maximum absolute atomic E-state index is 12.2. The minimum atomic E-state index is -0.894. The first-order valence-corrected chi connectivity index (χ1v) is 7.27. The molecule has 0 aromatic heterocycles. The van der Waals surface area contributed by atoms with E-state index >= 15 is 0 Å². The Bertz CT molecular complexity index is 289. The van der Waals surface area contributed by atoms with Gasteiger partial charge in [-0.1, -0.05) is 13.8 Å². The molecule has 0 aliphatic rings. The summed E-state index contributed by atoms with van der Waals surface area (Å²) in [7, 11) is 3.86. The molecule has 20 heavy (non-hydrogen) atoms. The van der Waals surface area contributed by atoms with Crippen LogP contribution in [-0.4, -0.2) is 85.0 Å². The molecule has 0 rings (SSSR count). The molecule has 0 unspecified atom stereocenters. The highest BCUT2D eigenvalue weighted by atomic mass is 16.4. The van der Waals surface area contributed by atoms with Crippen molar-refractivity contribution in [2.45, 2.75) is 26.7 Å². The molecule has 0 fully saturated rings. The van der Waals surface area contributed by atoms with Crippen LogP contribution in [0.5, 0.6) is 0 Å². The molecular weight excluding hydrogens is 258 g/mol. The third kappa shape index (κ3) is 8.87. The van der Waals surface area contributed by atoms with Crippen LogP contribution in [0, 0.1) is 0 Å². The van der Waals surface area contributed by atoms with Crippen molar-refractivity contribution in [1.29, 1.82) is 0 Å². The van der Waals surface area contributed by atoms with Gasteiger partial charge in [-0.15, -0.1) is 0 Å². The number of likely N-dealkylation sites (N-methyl/N-ethyl adjacent to an activating group) is 1. The van der Waals surface area contributed by atoms with E-state index in [2.05, 4.69) is 0 Å². The van der Waals surface area contributed by atoms with Crippen molar-refractivity contribution in [3.8, 4) is 0 Å². The lowest BCUT2D eigenvalue weighted by atomic mass is 10.3. The first-order valence-electron chi connectivity index (χ1n) is 7.27. The maximum atomic E-state index is 12.2. The number of hydrogen-bond donors (Lipinski definition) is 1. The highest BCUT2D eigenvalue weighted by Crippen LogP contribution is 1.99. The van der Waals surface area contributed by atoms with Gasteiger partial charge in [-0.3, -0.25) is 14.5 Å². The van der Waals surface area contributed by atoms with Crippen LogP contribution in [0.2, 0.25) is 0 Å². The van der Waals surface area contributed by atoms with Gasteiger partial charge >= 0.3 is 5.97 Å². The van der Waals surface area contributed by atoms with E-state index in [-0.39, 0.29) is 19.0 Å². The zero-order chi connectivity index (χ0) is 15.5. The third-order valence-electron chi connectivity index (χ3n) is 2.92. The lowest BCUT2D eigenvalue weighted by molar-refractivity contribution is -0.139. The SMILES string of the molecule is CCCN(CCC)C(=O)CN(CCN(C)C)CC(=O)O. The van der Waals surface area contributed by atoms with Gasteiger partial charge < -0.3 is 14.9 Å². The van der Waals surface area contributed by atoms with Crippen molar-refractivity contribution in [2.24, 2.45) is 0 Å². The van der Waals surface area contributed by atoms with Crippen molar-refractivity contribution < 1.29 is 14.7 Å². The molecule has 0 heterocycles. The summed E-state index contributed by atoms with van der Waals surface area (Å²) in [4.78, 5) is 28.6. The van der Waals surface area contributed by atoms with Crippen LogP contribution >= 0.6 is 0 Å². The Hall–Kier alpha value is -1.14. The molecule has 0 saturated heterocycles. The number of carbonyl (C=O) groups excluding carboxylic acids is 1. The van der Waals surface area contributed by atoms with Crippen LogP contribution in [0.15, 0.2) is 0 Å². The molecule has 0 atom stereocenters. The minimum Gasteiger partial charge on any atom is -0.480 e. The standard InChI is InChI=1S/C14H29N3O3/c1-5-7-17(8-6-2)13(18)11-16(12-14(19)20)10-9-15(3)4/h5-12H2,1-4H3,(H,19,20). The summed E-state index contributed by atoms with van der Waals surface area (Å²) in [6, 6.07) is 0.